The standard InChI is InChI=1S/C12H25N3.HI/c1-5-9-14-12(13)15-11(4)8-6-7-10(2)3;/h5,10-11H,1,6-9H2,2-4H3,(H3,13,14,15);1H. The Morgan fingerprint density at radius 1 is 1.38 bits per heavy atom. The smallest absolute Gasteiger partial charge is 0.189 e. The summed E-state index contributed by atoms with van der Waals surface area (Å²) in [6, 6.07) is 0.400. The van der Waals surface area contributed by atoms with Gasteiger partial charge in [-0.2, -0.15) is 0 Å². The maximum Gasteiger partial charge on any atom is 0.189 e. The summed E-state index contributed by atoms with van der Waals surface area (Å²) in [6.45, 7) is 10.8. The third-order valence-electron chi connectivity index (χ3n) is 2.20. The predicted molar refractivity (Wildman–Crippen MR) is 83.4 cm³/mol. The van der Waals surface area contributed by atoms with Crippen molar-refractivity contribution in [2.45, 2.75) is 46.1 Å². The zero-order valence-corrected chi connectivity index (χ0v) is 13.0. The molecule has 16 heavy (non-hydrogen) atoms. The van der Waals surface area contributed by atoms with Gasteiger partial charge in [0.25, 0.3) is 0 Å². The van der Waals surface area contributed by atoms with Gasteiger partial charge in [-0.15, -0.1) is 30.6 Å². The second-order valence-corrected chi connectivity index (χ2v) is 4.38. The van der Waals surface area contributed by atoms with Gasteiger partial charge in [0, 0.05) is 6.04 Å². The summed E-state index contributed by atoms with van der Waals surface area (Å²) in [7, 11) is 0. The first-order chi connectivity index (χ1) is 7.06. The fourth-order valence-corrected chi connectivity index (χ4v) is 1.37. The second-order valence-electron chi connectivity index (χ2n) is 4.38. The third kappa shape index (κ3) is 11.8. The summed E-state index contributed by atoms with van der Waals surface area (Å²) in [5.41, 5.74) is 5.68. The normalized spacial score (nSPS) is 13.1. The van der Waals surface area contributed by atoms with Gasteiger partial charge in [0.1, 0.15) is 0 Å². The van der Waals surface area contributed by atoms with Crippen LogP contribution in [0.15, 0.2) is 17.6 Å². The van der Waals surface area contributed by atoms with Crippen molar-refractivity contribution in [2.75, 3.05) is 6.54 Å². The van der Waals surface area contributed by atoms with E-state index < -0.39 is 0 Å². The molecule has 0 radical (unpaired) electrons. The van der Waals surface area contributed by atoms with Crippen LogP contribution in [-0.2, 0) is 0 Å². The molecule has 0 bridgehead atoms. The number of nitrogens with two attached hydrogens (primary N) is 1. The molecule has 0 heterocycles. The zero-order chi connectivity index (χ0) is 11.7. The molecule has 1 atom stereocenters. The van der Waals surface area contributed by atoms with E-state index in [9.17, 15) is 0 Å². The maximum atomic E-state index is 5.68. The van der Waals surface area contributed by atoms with Crippen LogP contribution in [-0.4, -0.2) is 18.5 Å². The minimum Gasteiger partial charge on any atom is -0.370 e. The molecule has 0 saturated carbocycles. The second kappa shape index (κ2) is 11.2. The van der Waals surface area contributed by atoms with Crippen molar-refractivity contribution in [1.29, 1.82) is 0 Å². The topological polar surface area (TPSA) is 50.4 Å². The number of halogens is 1. The van der Waals surface area contributed by atoms with E-state index in [1.165, 1.54) is 12.8 Å². The lowest BCUT2D eigenvalue weighted by molar-refractivity contribution is 0.493. The van der Waals surface area contributed by atoms with Gasteiger partial charge < -0.3 is 11.1 Å². The highest BCUT2D eigenvalue weighted by atomic mass is 127. The van der Waals surface area contributed by atoms with Crippen LogP contribution in [0, 0.1) is 5.92 Å². The van der Waals surface area contributed by atoms with Gasteiger partial charge in [0.15, 0.2) is 5.96 Å². The highest BCUT2D eigenvalue weighted by Crippen LogP contribution is 2.07. The van der Waals surface area contributed by atoms with Gasteiger partial charge in [-0.3, -0.25) is 0 Å². The highest BCUT2D eigenvalue weighted by Gasteiger charge is 2.03. The monoisotopic (exact) mass is 339 g/mol. The number of nitrogens with zero attached hydrogens (tertiary/aromatic N) is 1. The highest BCUT2D eigenvalue weighted by molar-refractivity contribution is 14.0. The molecule has 0 rings (SSSR count). The van der Waals surface area contributed by atoms with Crippen LogP contribution >= 0.6 is 24.0 Å². The summed E-state index contributed by atoms with van der Waals surface area (Å²) < 4.78 is 0. The van der Waals surface area contributed by atoms with Gasteiger partial charge in [0.2, 0.25) is 0 Å². The van der Waals surface area contributed by atoms with E-state index in [0.29, 0.717) is 18.5 Å². The van der Waals surface area contributed by atoms with E-state index in [0.717, 1.165) is 12.3 Å². The van der Waals surface area contributed by atoms with Crippen molar-refractivity contribution in [2.24, 2.45) is 16.6 Å². The lowest BCUT2D eigenvalue weighted by Gasteiger charge is -2.14. The predicted octanol–water partition coefficient (Wildman–Crippen LogP) is 2.91. The average molecular weight is 339 g/mol. The molecule has 0 aromatic heterocycles. The first kappa shape index (κ1) is 18.1. The van der Waals surface area contributed by atoms with E-state index in [1.807, 2.05) is 0 Å². The first-order valence-corrected chi connectivity index (χ1v) is 5.73. The Hall–Kier alpha value is -0.260. The molecule has 0 aromatic carbocycles. The van der Waals surface area contributed by atoms with Gasteiger partial charge in [-0.25, -0.2) is 4.99 Å². The molecule has 0 aromatic rings. The summed E-state index contributed by atoms with van der Waals surface area (Å²) >= 11 is 0. The number of nitrogens with one attached hydrogen (secondary N) is 1. The molecular weight excluding hydrogens is 313 g/mol. The molecule has 1 unspecified atom stereocenters. The van der Waals surface area contributed by atoms with E-state index in [4.69, 9.17) is 5.73 Å². The van der Waals surface area contributed by atoms with E-state index in [1.54, 1.807) is 6.08 Å². The van der Waals surface area contributed by atoms with Gasteiger partial charge >= 0.3 is 0 Å². The van der Waals surface area contributed by atoms with Gasteiger partial charge in [-0.1, -0.05) is 32.8 Å². The molecule has 3 N–H and O–H groups in total. The van der Waals surface area contributed by atoms with Crippen LogP contribution in [0.2, 0.25) is 0 Å². The summed E-state index contributed by atoms with van der Waals surface area (Å²) in [5, 5.41) is 3.17. The van der Waals surface area contributed by atoms with E-state index in [-0.39, 0.29) is 24.0 Å². The lowest BCUT2D eigenvalue weighted by Crippen LogP contribution is -2.38. The first-order valence-electron chi connectivity index (χ1n) is 5.73. The SMILES string of the molecule is C=CCN=C(N)NC(C)CCCC(C)C.I. The summed E-state index contributed by atoms with van der Waals surface area (Å²) in [4.78, 5) is 4.09. The Morgan fingerprint density at radius 2 is 2.00 bits per heavy atom. The fourth-order valence-electron chi connectivity index (χ4n) is 1.37. The quantitative estimate of drug-likeness (QED) is 0.324. The minimum absolute atomic E-state index is 0. The largest absolute Gasteiger partial charge is 0.370 e. The van der Waals surface area contributed by atoms with Crippen molar-refractivity contribution in [3.8, 4) is 0 Å². The molecule has 0 aliphatic heterocycles. The molecule has 96 valence electrons. The Balaban J connectivity index is 0. The van der Waals surface area contributed by atoms with Gasteiger partial charge in [0.05, 0.1) is 6.54 Å². The van der Waals surface area contributed by atoms with Crippen molar-refractivity contribution < 1.29 is 0 Å². The number of aliphatic imine (C=N–C) groups is 1. The maximum absolute atomic E-state index is 5.68. The molecule has 0 aliphatic carbocycles. The molecule has 0 aliphatic rings. The number of hydrogen-bond donors (Lipinski definition) is 2. The van der Waals surface area contributed by atoms with Crippen molar-refractivity contribution in [3.63, 3.8) is 0 Å². The van der Waals surface area contributed by atoms with Crippen molar-refractivity contribution >= 4 is 29.9 Å². The van der Waals surface area contributed by atoms with Gasteiger partial charge in [-0.05, 0) is 19.3 Å². The third-order valence-corrected chi connectivity index (χ3v) is 2.20. The van der Waals surface area contributed by atoms with Crippen LogP contribution in [0.25, 0.3) is 0 Å². The van der Waals surface area contributed by atoms with Crippen LogP contribution in [0.5, 0.6) is 0 Å². The molecule has 0 saturated heterocycles. The molecule has 0 spiro atoms. The number of guanidine groups is 1. The van der Waals surface area contributed by atoms with E-state index >= 15 is 0 Å². The van der Waals surface area contributed by atoms with Crippen LogP contribution in [0.4, 0.5) is 0 Å². The zero-order valence-electron chi connectivity index (χ0n) is 10.7. The number of rotatable bonds is 7. The molecule has 0 fully saturated rings. The molecular formula is C12H26IN3. The average Bonchev–Trinajstić information content (AvgIpc) is 2.14. The van der Waals surface area contributed by atoms with E-state index in [2.05, 4.69) is 37.7 Å². The van der Waals surface area contributed by atoms with Crippen molar-refractivity contribution in [3.05, 3.63) is 12.7 Å². The molecule has 4 heteroatoms. The Bertz CT molecular complexity index is 202. The van der Waals surface area contributed by atoms with Crippen LogP contribution < -0.4 is 11.1 Å². The summed E-state index contributed by atoms with van der Waals surface area (Å²) in [5.74, 6) is 1.30. The van der Waals surface area contributed by atoms with Crippen LogP contribution in [0.3, 0.4) is 0 Å². The summed E-state index contributed by atoms with van der Waals surface area (Å²) in [6.07, 6.45) is 5.39. The molecule has 3 nitrogen and oxygen atoms in total. The Morgan fingerprint density at radius 3 is 2.50 bits per heavy atom. The molecule has 0 amide bonds. The lowest BCUT2D eigenvalue weighted by atomic mass is 10.0. The van der Waals surface area contributed by atoms with Crippen molar-refractivity contribution in [1.82, 2.24) is 5.32 Å². The fraction of sp³-hybridized carbons (Fsp3) is 0.750. The van der Waals surface area contributed by atoms with Crippen LogP contribution in [0.1, 0.15) is 40.0 Å². The number of hydrogen-bond acceptors (Lipinski definition) is 1. The Labute approximate surface area is 117 Å². The minimum atomic E-state index is 0. The Kier molecular flexibility index (Phi) is 12.7.